The summed E-state index contributed by atoms with van der Waals surface area (Å²) in [6.07, 6.45) is -6.43. The number of amides is 1. The summed E-state index contributed by atoms with van der Waals surface area (Å²) in [4.78, 5) is 10.6. The molecular weight excluding hydrogens is 328 g/mol. The number of alkyl halides is 5. The fraction of sp³-hybridized carbons (Fsp3) is 0.222. The zero-order valence-corrected chi connectivity index (χ0v) is 9.19. The van der Waals surface area contributed by atoms with Crippen LogP contribution in [0, 0.1) is 29.1 Å². The molecule has 1 aromatic carbocycles. The number of carbonyl (C=O) groups is 1. The van der Waals surface area contributed by atoms with Crippen LogP contribution in [0.4, 0.5) is 49.6 Å². The van der Waals surface area contributed by atoms with Gasteiger partial charge in [-0.2, -0.15) is 22.0 Å². The highest BCUT2D eigenvalue weighted by Crippen LogP contribution is 2.37. The second kappa shape index (κ2) is 5.07. The number of hydrogen-bond acceptors (Lipinski definition) is 1. The smallest absolute Gasteiger partial charge is 0.315 e. The summed E-state index contributed by atoms with van der Waals surface area (Å²) >= 11 is 0. The van der Waals surface area contributed by atoms with Crippen molar-refractivity contribution in [3.63, 3.8) is 0 Å². The predicted molar refractivity (Wildman–Crippen MR) is 45.9 cm³/mol. The highest BCUT2D eigenvalue weighted by atomic mass is 19.4. The molecule has 0 saturated carbocycles. The van der Waals surface area contributed by atoms with Crippen molar-refractivity contribution < 1.29 is 48.7 Å². The van der Waals surface area contributed by atoms with Crippen molar-refractivity contribution >= 4 is 11.6 Å². The molecule has 0 radical (unpaired) electrons. The first-order valence-electron chi connectivity index (χ1n) is 4.59. The summed E-state index contributed by atoms with van der Waals surface area (Å²) in [6.45, 7) is 0. The molecule has 0 aliphatic carbocycles. The molecule has 1 amide bonds. The van der Waals surface area contributed by atoms with E-state index in [1.807, 2.05) is 0 Å². The Labute approximate surface area is 108 Å². The Kier molecular flexibility index (Phi) is 4.12. The van der Waals surface area contributed by atoms with Crippen molar-refractivity contribution in [1.82, 2.24) is 0 Å². The lowest BCUT2D eigenvalue weighted by Gasteiger charge is -2.19. The van der Waals surface area contributed by atoms with Gasteiger partial charge in [-0.15, -0.1) is 0 Å². The monoisotopic (exact) mass is 329 g/mol. The zero-order valence-electron chi connectivity index (χ0n) is 9.19. The van der Waals surface area contributed by atoms with Gasteiger partial charge in [0.2, 0.25) is 5.82 Å². The highest BCUT2D eigenvalue weighted by molar-refractivity contribution is 5.96. The molecule has 0 unspecified atom stereocenters. The van der Waals surface area contributed by atoms with E-state index in [0.29, 0.717) is 5.32 Å². The Morgan fingerprint density at radius 3 is 1.38 bits per heavy atom. The van der Waals surface area contributed by atoms with E-state index in [1.54, 1.807) is 0 Å². The van der Waals surface area contributed by atoms with Crippen LogP contribution in [0.3, 0.4) is 0 Å². The van der Waals surface area contributed by atoms with E-state index >= 15 is 0 Å². The van der Waals surface area contributed by atoms with Gasteiger partial charge in [-0.1, -0.05) is 0 Å². The molecule has 0 aromatic heterocycles. The molecule has 118 valence electrons. The zero-order chi connectivity index (χ0) is 16.7. The van der Waals surface area contributed by atoms with E-state index < -0.39 is 52.8 Å². The third-order valence-corrected chi connectivity index (χ3v) is 2.09. The minimum Gasteiger partial charge on any atom is -0.315 e. The van der Waals surface area contributed by atoms with E-state index in [0.717, 1.165) is 0 Å². The number of rotatable bonds is 2. The highest BCUT2D eigenvalue weighted by Gasteiger charge is 2.63. The molecular formula is C9HF10NO. The van der Waals surface area contributed by atoms with Gasteiger partial charge >= 0.3 is 18.0 Å². The van der Waals surface area contributed by atoms with E-state index in [2.05, 4.69) is 0 Å². The third kappa shape index (κ3) is 2.74. The second-order valence-electron chi connectivity index (χ2n) is 3.47. The van der Waals surface area contributed by atoms with Gasteiger partial charge in [0.25, 0.3) is 0 Å². The number of nitrogens with one attached hydrogen (secondary N) is 1. The Morgan fingerprint density at radius 1 is 0.714 bits per heavy atom. The molecule has 12 heteroatoms. The van der Waals surface area contributed by atoms with Crippen LogP contribution in [0.2, 0.25) is 0 Å². The number of hydrogen-bond donors (Lipinski definition) is 1. The molecule has 0 fully saturated rings. The first-order valence-corrected chi connectivity index (χ1v) is 4.59. The quantitative estimate of drug-likeness (QED) is 0.502. The molecule has 0 spiro atoms. The summed E-state index contributed by atoms with van der Waals surface area (Å²) in [6, 6.07) is 0. The SMILES string of the molecule is O=C(Nc1c(F)c(F)c(F)c(F)c1F)C(F)(F)C(F)(F)F. The lowest BCUT2D eigenvalue weighted by Crippen LogP contribution is -2.47. The van der Waals surface area contributed by atoms with Crippen molar-refractivity contribution in [2.45, 2.75) is 12.1 Å². The molecule has 1 N–H and O–H groups in total. The molecule has 0 heterocycles. The fourth-order valence-electron chi connectivity index (χ4n) is 1.04. The topological polar surface area (TPSA) is 29.1 Å². The molecule has 1 aromatic rings. The maximum absolute atomic E-state index is 13.0. The summed E-state index contributed by atoms with van der Waals surface area (Å²) < 4.78 is 124. The molecule has 1 rings (SSSR count). The molecule has 0 saturated heterocycles. The molecule has 0 aliphatic rings. The van der Waals surface area contributed by atoms with E-state index in [1.165, 1.54) is 0 Å². The minimum atomic E-state index is -6.43. The molecule has 21 heavy (non-hydrogen) atoms. The molecule has 0 bridgehead atoms. The fourth-order valence-corrected chi connectivity index (χ4v) is 1.04. The summed E-state index contributed by atoms with van der Waals surface area (Å²) in [7, 11) is 0. The summed E-state index contributed by atoms with van der Waals surface area (Å²) in [5.74, 6) is -22.9. The number of carbonyl (C=O) groups excluding carboxylic acids is 1. The van der Waals surface area contributed by atoms with Gasteiger partial charge in [0.1, 0.15) is 5.69 Å². The van der Waals surface area contributed by atoms with Crippen LogP contribution in [-0.4, -0.2) is 18.0 Å². The van der Waals surface area contributed by atoms with Crippen LogP contribution in [0.5, 0.6) is 0 Å². The van der Waals surface area contributed by atoms with Gasteiger partial charge in [-0.3, -0.25) is 4.79 Å². The van der Waals surface area contributed by atoms with Crippen molar-refractivity contribution in [1.29, 1.82) is 0 Å². The Balaban J connectivity index is 3.31. The molecule has 0 aliphatic heterocycles. The second-order valence-corrected chi connectivity index (χ2v) is 3.47. The van der Waals surface area contributed by atoms with Crippen LogP contribution in [0.1, 0.15) is 0 Å². The van der Waals surface area contributed by atoms with E-state index in [9.17, 15) is 48.7 Å². The van der Waals surface area contributed by atoms with Crippen LogP contribution in [0.25, 0.3) is 0 Å². The number of halogens is 10. The van der Waals surface area contributed by atoms with E-state index in [4.69, 9.17) is 0 Å². The van der Waals surface area contributed by atoms with E-state index in [-0.39, 0.29) is 0 Å². The maximum Gasteiger partial charge on any atom is 0.463 e. The largest absolute Gasteiger partial charge is 0.463 e. The van der Waals surface area contributed by atoms with Gasteiger partial charge in [0.15, 0.2) is 23.3 Å². The lowest BCUT2D eigenvalue weighted by molar-refractivity contribution is -0.267. The molecule has 0 atom stereocenters. The van der Waals surface area contributed by atoms with Gasteiger partial charge in [-0.05, 0) is 0 Å². The average molecular weight is 329 g/mol. The number of anilines is 1. The van der Waals surface area contributed by atoms with Gasteiger partial charge in [0.05, 0.1) is 0 Å². The summed E-state index contributed by atoms with van der Waals surface area (Å²) in [5, 5.41) is 0.329. The van der Waals surface area contributed by atoms with Crippen LogP contribution in [-0.2, 0) is 4.79 Å². The van der Waals surface area contributed by atoms with Crippen molar-refractivity contribution in [3.05, 3.63) is 29.1 Å². The Bertz CT molecular complexity index is 564. The first-order chi connectivity index (χ1) is 9.32. The Hall–Kier alpha value is -2.01. The summed E-state index contributed by atoms with van der Waals surface area (Å²) in [5.41, 5.74) is -2.32. The predicted octanol–water partition coefficient (Wildman–Crippen LogP) is 3.52. The van der Waals surface area contributed by atoms with Crippen LogP contribution >= 0.6 is 0 Å². The van der Waals surface area contributed by atoms with Crippen molar-refractivity contribution in [3.8, 4) is 0 Å². The third-order valence-electron chi connectivity index (χ3n) is 2.09. The first kappa shape index (κ1) is 17.0. The average Bonchev–Trinajstić information content (AvgIpc) is 2.37. The van der Waals surface area contributed by atoms with Crippen molar-refractivity contribution in [2.75, 3.05) is 5.32 Å². The normalized spacial score (nSPS) is 12.5. The van der Waals surface area contributed by atoms with Crippen molar-refractivity contribution in [2.24, 2.45) is 0 Å². The van der Waals surface area contributed by atoms with Gasteiger partial charge in [0, 0.05) is 0 Å². The maximum atomic E-state index is 13.0. The lowest BCUT2D eigenvalue weighted by atomic mass is 10.2. The minimum absolute atomic E-state index is 0.329. The van der Waals surface area contributed by atoms with Gasteiger partial charge < -0.3 is 5.32 Å². The Morgan fingerprint density at radius 2 is 1.05 bits per heavy atom. The molecule has 2 nitrogen and oxygen atoms in total. The van der Waals surface area contributed by atoms with Crippen LogP contribution in [0.15, 0.2) is 0 Å². The number of benzene rings is 1. The van der Waals surface area contributed by atoms with Gasteiger partial charge in [-0.25, -0.2) is 22.0 Å². The van der Waals surface area contributed by atoms with Crippen LogP contribution < -0.4 is 5.32 Å². The standard InChI is InChI=1S/C9HF10NO/c10-1-2(11)4(13)6(5(14)3(1)12)20-7(21)8(15,16)9(17,18)19/h(H,20,21).